The highest BCUT2D eigenvalue weighted by Crippen LogP contribution is 2.22. The van der Waals surface area contributed by atoms with E-state index in [0.717, 1.165) is 11.5 Å². The number of anilines is 1. The van der Waals surface area contributed by atoms with Gasteiger partial charge in [-0.2, -0.15) is 5.10 Å². The average Bonchev–Trinajstić information content (AvgIpc) is 2.61. The number of hydrogen-bond donors (Lipinski definition) is 2. The molecule has 0 radical (unpaired) electrons. The highest BCUT2D eigenvalue weighted by molar-refractivity contribution is 5.38. The zero-order chi connectivity index (χ0) is 11.4. The zero-order valence-electron chi connectivity index (χ0n) is 9.95. The van der Waals surface area contributed by atoms with Gasteiger partial charge in [-0.05, 0) is 19.8 Å². The molecule has 1 fully saturated rings. The van der Waals surface area contributed by atoms with Crippen LogP contribution in [0.25, 0.3) is 0 Å². The quantitative estimate of drug-likeness (QED) is 0.820. The number of nitrogens with one attached hydrogen (secondary N) is 1. The van der Waals surface area contributed by atoms with E-state index in [9.17, 15) is 0 Å². The molecule has 0 unspecified atom stereocenters. The van der Waals surface area contributed by atoms with Gasteiger partial charge in [-0.1, -0.05) is 19.3 Å². The molecule has 90 valence electrons. The Morgan fingerprint density at radius 3 is 2.88 bits per heavy atom. The lowest BCUT2D eigenvalue weighted by Gasteiger charge is -2.23. The summed E-state index contributed by atoms with van der Waals surface area (Å²) in [5, 5.41) is 16.9. The van der Waals surface area contributed by atoms with Gasteiger partial charge in [0.15, 0.2) is 0 Å². The minimum absolute atomic E-state index is 0.139. The SMILES string of the molecule is Cc1cc(NC2CCCCC2)n(CCO)n1. The summed E-state index contributed by atoms with van der Waals surface area (Å²) < 4.78 is 1.87. The summed E-state index contributed by atoms with van der Waals surface area (Å²) >= 11 is 0. The van der Waals surface area contributed by atoms with E-state index in [4.69, 9.17) is 5.11 Å². The van der Waals surface area contributed by atoms with Crippen molar-refractivity contribution in [2.24, 2.45) is 0 Å². The Morgan fingerprint density at radius 2 is 2.19 bits per heavy atom. The van der Waals surface area contributed by atoms with Crippen molar-refractivity contribution in [1.82, 2.24) is 9.78 Å². The molecule has 0 aromatic carbocycles. The Labute approximate surface area is 96.7 Å². The highest BCUT2D eigenvalue weighted by atomic mass is 16.3. The van der Waals surface area contributed by atoms with Crippen molar-refractivity contribution in [1.29, 1.82) is 0 Å². The molecule has 0 spiro atoms. The van der Waals surface area contributed by atoms with E-state index in [-0.39, 0.29) is 6.61 Å². The van der Waals surface area contributed by atoms with Gasteiger partial charge in [0.05, 0.1) is 18.8 Å². The lowest BCUT2D eigenvalue weighted by Crippen LogP contribution is -2.24. The normalized spacial score (nSPS) is 17.6. The molecule has 1 aliphatic rings. The molecule has 0 amide bonds. The first kappa shape index (κ1) is 11.5. The van der Waals surface area contributed by atoms with Gasteiger partial charge in [-0.25, -0.2) is 4.68 Å². The minimum Gasteiger partial charge on any atom is -0.394 e. The third kappa shape index (κ3) is 2.76. The van der Waals surface area contributed by atoms with Crippen molar-refractivity contribution in [3.63, 3.8) is 0 Å². The first-order chi connectivity index (χ1) is 7.79. The molecular weight excluding hydrogens is 202 g/mol. The second-order valence-corrected chi connectivity index (χ2v) is 4.60. The average molecular weight is 223 g/mol. The summed E-state index contributed by atoms with van der Waals surface area (Å²) in [5.74, 6) is 1.05. The van der Waals surface area contributed by atoms with Gasteiger partial charge >= 0.3 is 0 Å². The molecule has 0 saturated heterocycles. The van der Waals surface area contributed by atoms with Crippen molar-refractivity contribution in [2.45, 2.75) is 51.6 Å². The molecule has 16 heavy (non-hydrogen) atoms. The van der Waals surface area contributed by atoms with Crippen LogP contribution >= 0.6 is 0 Å². The van der Waals surface area contributed by atoms with Gasteiger partial charge in [0.2, 0.25) is 0 Å². The number of hydrogen-bond acceptors (Lipinski definition) is 3. The largest absolute Gasteiger partial charge is 0.394 e. The van der Waals surface area contributed by atoms with Crippen LogP contribution in [0.1, 0.15) is 37.8 Å². The molecule has 0 aliphatic heterocycles. The summed E-state index contributed by atoms with van der Waals surface area (Å²) in [6, 6.07) is 2.65. The maximum atomic E-state index is 8.97. The molecule has 0 bridgehead atoms. The molecule has 4 nitrogen and oxygen atoms in total. The number of aryl methyl sites for hydroxylation is 1. The predicted octanol–water partition coefficient (Wildman–Crippen LogP) is 1.93. The van der Waals surface area contributed by atoms with Gasteiger partial charge in [0.25, 0.3) is 0 Å². The van der Waals surface area contributed by atoms with Crippen LogP contribution in [0.3, 0.4) is 0 Å². The van der Waals surface area contributed by atoms with Crippen molar-refractivity contribution >= 4 is 5.82 Å². The van der Waals surface area contributed by atoms with E-state index in [0.29, 0.717) is 12.6 Å². The molecule has 2 rings (SSSR count). The molecule has 0 atom stereocenters. The van der Waals surface area contributed by atoms with Crippen molar-refractivity contribution in [3.8, 4) is 0 Å². The van der Waals surface area contributed by atoms with Crippen LogP contribution in [0, 0.1) is 6.92 Å². The van der Waals surface area contributed by atoms with E-state index < -0.39 is 0 Å². The Bertz CT molecular complexity index is 329. The van der Waals surface area contributed by atoms with Crippen LogP contribution in [0.15, 0.2) is 6.07 Å². The lowest BCUT2D eigenvalue weighted by molar-refractivity contribution is 0.270. The summed E-state index contributed by atoms with van der Waals surface area (Å²) in [5.41, 5.74) is 1.01. The molecule has 2 N–H and O–H groups in total. The third-order valence-corrected chi connectivity index (χ3v) is 3.17. The van der Waals surface area contributed by atoms with Crippen molar-refractivity contribution < 1.29 is 5.11 Å². The van der Waals surface area contributed by atoms with Crippen LogP contribution in [0.4, 0.5) is 5.82 Å². The number of nitrogens with zero attached hydrogens (tertiary/aromatic N) is 2. The number of rotatable bonds is 4. The lowest BCUT2D eigenvalue weighted by atomic mass is 9.95. The van der Waals surface area contributed by atoms with Gasteiger partial charge in [-0.3, -0.25) is 0 Å². The van der Waals surface area contributed by atoms with E-state index in [2.05, 4.69) is 16.5 Å². The molecule has 1 saturated carbocycles. The summed E-state index contributed by atoms with van der Waals surface area (Å²) in [7, 11) is 0. The highest BCUT2D eigenvalue weighted by Gasteiger charge is 2.15. The van der Waals surface area contributed by atoms with Crippen LogP contribution < -0.4 is 5.32 Å². The molecular formula is C12H21N3O. The second-order valence-electron chi connectivity index (χ2n) is 4.60. The maximum Gasteiger partial charge on any atom is 0.124 e. The van der Waals surface area contributed by atoms with E-state index in [1.165, 1.54) is 32.1 Å². The zero-order valence-corrected chi connectivity index (χ0v) is 9.95. The van der Waals surface area contributed by atoms with Crippen LogP contribution in [-0.2, 0) is 6.54 Å². The van der Waals surface area contributed by atoms with Crippen LogP contribution in [0.5, 0.6) is 0 Å². The van der Waals surface area contributed by atoms with E-state index in [1.54, 1.807) is 0 Å². The fraction of sp³-hybridized carbons (Fsp3) is 0.750. The summed E-state index contributed by atoms with van der Waals surface area (Å²) in [6.07, 6.45) is 6.52. The fourth-order valence-electron chi connectivity index (χ4n) is 2.38. The monoisotopic (exact) mass is 223 g/mol. The Morgan fingerprint density at radius 1 is 1.44 bits per heavy atom. The Balaban J connectivity index is 2.01. The standard InChI is InChI=1S/C12H21N3O/c1-10-9-12(15(14-10)7-8-16)13-11-5-3-2-4-6-11/h9,11,13,16H,2-8H2,1H3. The molecule has 1 aliphatic carbocycles. The fourth-order valence-corrected chi connectivity index (χ4v) is 2.38. The summed E-state index contributed by atoms with van der Waals surface area (Å²) in [6.45, 7) is 2.70. The Hall–Kier alpha value is -1.03. The third-order valence-electron chi connectivity index (χ3n) is 3.17. The molecule has 4 heteroatoms. The second kappa shape index (κ2) is 5.34. The van der Waals surface area contributed by atoms with E-state index >= 15 is 0 Å². The Kier molecular flexibility index (Phi) is 3.83. The number of aromatic nitrogens is 2. The maximum absolute atomic E-state index is 8.97. The summed E-state index contributed by atoms with van der Waals surface area (Å²) in [4.78, 5) is 0. The van der Waals surface area contributed by atoms with Gasteiger partial charge in [0.1, 0.15) is 5.82 Å². The molecule has 1 aromatic rings. The topological polar surface area (TPSA) is 50.1 Å². The molecule has 1 aromatic heterocycles. The van der Waals surface area contributed by atoms with Crippen LogP contribution in [-0.4, -0.2) is 27.5 Å². The predicted molar refractivity (Wildman–Crippen MR) is 64.5 cm³/mol. The molecule has 1 heterocycles. The van der Waals surface area contributed by atoms with E-state index in [1.807, 2.05) is 11.6 Å². The smallest absolute Gasteiger partial charge is 0.124 e. The van der Waals surface area contributed by atoms with Gasteiger partial charge in [-0.15, -0.1) is 0 Å². The number of aliphatic hydroxyl groups excluding tert-OH is 1. The van der Waals surface area contributed by atoms with Crippen LogP contribution in [0.2, 0.25) is 0 Å². The minimum atomic E-state index is 0.139. The first-order valence-electron chi connectivity index (χ1n) is 6.21. The van der Waals surface area contributed by atoms with Gasteiger partial charge < -0.3 is 10.4 Å². The van der Waals surface area contributed by atoms with Crippen molar-refractivity contribution in [2.75, 3.05) is 11.9 Å². The van der Waals surface area contributed by atoms with Gasteiger partial charge in [0, 0.05) is 12.1 Å². The van der Waals surface area contributed by atoms with Crippen molar-refractivity contribution in [3.05, 3.63) is 11.8 Å². The first-order valence-corrected chi connectivity index (χ1v) is 6.21. The number of aliphatic hydroxyl groups is 1.